The van der Waals surface area contributed by atoms with E-state index in [-0.39, 0.29) is 4.47 Å². The summed E-state index contributed by atoms with van der Waals surface area (Å²) in [4.78, 5) is 11.5. The lowest BCUT2D eigenvalue weighted by Crippen LogP contribution is -2.03. The summed E-state index contributed by atoms with van der Waals surface area (Å²) in [6, 6.07) is 5.21. The number of hydrogen-bond acceptors (Lipinski definition) is 4. The highest BCUT2D eigenvalue weighted by Gasteiger charge is 2.16. The molecular formula is C11H9BrO4. The van der Waals surface area contributed by atoms with Crippen LogP contribution >= 0.6 is 15.9 Å². The van der Waals surface area contributed by atoms with Gasteiger partial charge in [-0.2, -0.15) is 0 Å². The van der Waals surface area contributed by atoms with Crippen molar-refractivity contribution in [3.63, 3.8) is 0 Å². The Bertz CT molecular complexity index is 588. The van der Waals surface area contributed by atoms with Crippen molar-refractivity contribution in [2.75, 3.05) is 14.2 Å². The number of rotatable bonds is 2. The van der Waals surface area contributed by atoms with E-state index < -0.39 is 5.63 Å². The Balaban J connectivity index is 2.98. The third kappa shape index (κ3) is 1.57. The fourth-order valence-electron chi connectivity index (χ4n) is 1.53. The monoisotopic (exact) mass is 284 g/mol. The molecule has 0 N–H and O–H groups in total. The molecule has 16 heavy (non-hydrogen) atoms. The normalized spacial score (nSPS) is 10.4. The zero-order valence-corrected chi connectivity index (χ0v) is 10.3. The second-order valence-corrected chi connectivity index (χ2v) is 3.86. The van der Waals surface area contributed by atoms with Gasteiger partial charge in [-0.05, 0) is 28.1 Å². The van der Waals surface area contributed by atoms with Crippen LogP contribution in [0, 0.1) is 0 Å². The lowest BCUT2D eigenvalue weighted by Gasteiger charge is -2.09. The minimum atomic E-state index is -0.474. The quantitative estimate of drug-likeness (QED) is 0.796. The molecule has 0 saturated heterocycles. The van der Waals surface area contributed by atoms with Crippen LogP contribution in [0.4, 0.5) is 0 Å². The molecule has 0 unspecified atom stereocenters. The molecule has 0 radical (unpaired) electrons. The molecule has 4 nitrogen and oxygen atoms in total. The van der Waals surface area contributed by atoms with Crippen LogP contribution in [0.15, 0.2) is 31.9 Å². The number of methoxy groups -OCH3 is 2. The van der Waals surface area contributed by atoms with Crippen LogP contribution in [0.1, 0.15) is 0 Å². The zero-order chi connectivity index (χ0) is 11.7. The van der Waals surface area contributed by atoms with Gasteiger partial charge in [-0.15, -0.1) is 0 Å². The van der Waals surface area contributed by atoms with Gasteiger partial charge in [0.1, 0.15) is 21.2 Å². The number of fused-ring (bicyclic) bond motifs is 1. The molecule has 0 spiro atoms. The summed E-state index contributed by atoms with van der Waals surface area (Å²) in [5, 5.41) is 0.638. The van der Waals surface area contributed by atoms with Gasteiger partial charge in [0, 0.05) is 0 Å². The summed E-state index contributed by atoms with van der Waals surface area (Å²) in [5.41, 5.74) is -0.0398. The Morgan fingerprint density at radius 1 is 1.25 bits per heavy atom. The van der Waals surface area contributed by atoms with Crippen molar-refractivity contribution in [1.29, 1.82) is 0 Å². The molecule has 0 amide bonds. The van der Waals surface area contributed by atoms with Gasteiger partial charge in [-0.1, -0.05) is 6.07 Å². The minimum absolute atomic E-state index is 0.256. The average Bonchev–Trinajstić information content (AvgIpc) is 2.30. The molecule has 2 aromatic rings. The summed E-state index contributed by atoms with van der Waals surface area (Å²) < 4.78 is 15.8. The summed E-state index contributed by atoms with van der Waals surface area (Å²) in [5.74, 6) is 1.02. The predicted octanol–water partition coefficient (Wildman–Crippen LogP) is 2.57. The van der Waals surface area contributed by atoms with E-state index in [0.29, 0.717) is 22.5 Å². The maximum Gasteiger partial charge on any atom is 0.354 e. The van der Waals surface area contributed by atoms with Gasteiger partial charge in [-0.3, -0.25) is 0 Å². The van der Waals surface area contributed by atoms with Crippen LogP contribution in [-0.2, 0) is 0 Å². The lowest BCUT2D eigenvalue weighted by atomic mass is 10.2. The van der Waals surface area contributed by atoms with Gasteiger partial charge >= 0.3 is 5.63 Å². The van der Waals surface area contributed by atoms with Gasteiger partial charge in [0.2, 0.25) is 0 Å². The van der Waals surface area contributed by atoms with Crippen molar-refractivity contribution in [2.24, 2.45) is 0 Å². The molecule has 0 aliphatic heterocycles. The molecule has 5 heteroatoms. The third-order valence-electron chi connectivity index (χ3n) is 2.22. The Hall–Kier alpha value is -1.49. The van der Waals surface area contributed by atoms with Crippen LogP contribution < -0.4 is 15.1 Å². The highest BCUT2D eigenvalue weighted by Crippen LogP contribution is 2.36. The van der Waals surface area contributed by atoms with E-state index in [2.05, 4.69) is 15.9 Å². The fraction of sp³-hybridized carbons (Fsp3) is 0.182. The van der Waals surface area contributed by atoms with Crippen molar-refractivity contribution in [3.8, 4) is 11.5 Å². The first-order valence-electron chi connectivity index (χ1n) is 4.52. The van der Waals surface area contributed by atoms with E-state index >= 15 is 0 Å². The number of halogens is 1. The van der Waals surface area contributed by atoms with E-state index in [4.69, 9.17) is 13.9 Å². The summed E-state index contributed by atoms with van der Waals surface area (Å²) in [7, 11) is 3.04. The second kappa shape index (κ2) is 4.17. The molecule has 1 aromatic carbocycles. The molecule has 0 saturated carbocycles. The van der Waals surface area contributed by atoms with E-state index in [1.165, 1.54) is 7.11 Å². The molecule has 0 aliphatic rings. The lowest BCUT2D eigenvalue weighted by molar-refractivity contribution is 0.397. The van der Waals surface area contributed by atoms with E-state index in [1.54, 1.807) is 25.3 Å². The van der Waals surface area contributed by atoms with Gasteiger partial charge in [0.15, 0.2) is 5.75 Å². The molecule has 84 valence electrons. The van der Waals surface area contributed by atoms with Crippen molar-refractivity contribution >= 4 is 26.9 Å². The van der Waals surface area contributed by atoms with E-state index in [0.717, 1.165) is 0 Å². The summed E-state index contributed by atoms with van der Waals surface area (Å²) in [6.07, 6.45) is 0. The second-order valence-electron chi connectivity index (χ2n) is 3.07. The van der Waals surface area contributed by atoms with Crippen molar-refractivity contribution in [3.05, 3.63) is 33.1 Å². The highest BCUT2D eigenvalue weighted by molar-refractivity contribution is 9.10. The first-order chi connectivity index (χ1) is 7.69. The molecule has 0 bridgehead atoms. The van der Waals surface area contributed by atoms with Crippen LogP contribution in [0.3, 0.4) is 0 Å². The Labute approximate surface area is 99.9 Å². The standard InChI is InChI=1S/C11H9BrO4/c1-14-6-4-3-5-7-8(6)10(15-2)9(12)11(13)16-7/h3-5H,1-2H3. The van der Waals surface area contributed by atoms with Crippen molar-refractivity contribution < 1.29 is 13.9 Å². The van der Waals surface area contributed by atoms with E-state index in [1.807, 2.05) is 0 Å². The molecule has 0 atom stereocenters. The van der Waals surface area contributed by atoms with Crippen LogP contribution in [0.25, 0.3) is 11.0 Å². The molecule has 0 aliphatic carbocycles. The minimum Gasteiger partial charge on any atom is -0.496 e. The number of ether oxygens (including phenoxy) is 2. The third-order valence-corrected chi connectivity index (χ3v) is 2.90. The molecule has 0 fully saturated rings. The van der Waals surface area contributed by atoms with Crippen LogP contribution in [-0.4, -0.2) is 14.2 Å². The van der Waals surface area contributed by atoms with Crippen molar-refractivity contribution in [1.82, 2.24) is 0 Å². The largest absolute Gasteiger partial charge is 0.496 e. The van der Waals surface area contributed by atoms with Gasteiger partial charge in [-0.25, -0.2) is 4.79 Å². The van der Waals surface area contributed by atoms with Crippen LogP contribution in [0.2, 0.25) is 0 Å². The Morgan fingerprint density at radius 3 is 2.62 bits per heavy atom. The average molecular weight is 285 g/mol. The van der Waals surface area contributed by atoms with Crippen molar-refractivity contribution in [2.45, 2.75) is 0 Å². The SMILES string of the molecule is COc1cccc2oc(=O)c(Br)c(OC)c12. The summed E-state index contributed by atoms with van der Waals surface area (Å²) in [6.45, 7) is 0. The van der Waals surface area contributed by atoms with E-state index in [9.17, 15) is 4.79 Å². The topological polar surface area (TPSA) is 48.7 Å². The van der Waals surface area contributed by atoms with Gasteiger partial charge in [0.25, 0.3) is 0 Å². The van der Waals surface area contributed by atoms with Gasteiger partial charge in [0.05, 0.1) is 14.2 Å². The van der Waals surface area contributed by atoms with Gasteiger partial charge < -0.3 is 13.9 Å². The molecular weight excluding hydrogens is 276 g/mol. The molecule has 1 heterocycles. The molecule has 1 aromatic heterocycles. The first kappa shape index (κ1) is 11.0. The molecule has 2 rings (SSSR count). The Morgan fingerprint density at radius 2 is 2.00 bits per heavy atom. The Kier molecular flexibility index (Phi) is 2.87. The first-order valence-corrected chi connectivity index (χ1v) is 5.31. The highest BCUT2D eigenvalue weighted by atomic mass is 79.9. The smallest absolute Gasteiger partial charge is 0.354 e. The predicted molar refractivity (Wildman–Crippen MR) is 63.3 cm³/mol. The maximum atomic E-state index is 11.5. The fourth-order valence-corrected chi connectivity index (χ4v) is 1.97. The zero-order valence-electron chi connectivity index (χ0n) is 8.74. The number of benzene rings is 1. The number of hydrogen-bond donors (Lipinski definition) is 0. The maximum absolute atomic E-state index is 11.5. The summed E-state index contributed by atoms with van der Waals surface area (Å²) >= 11 is 3.14. The van der Waals surface area contributed by atoms with Crippen LogP contribution in [0.5, 0.6) is 11.5 Å².